The highest BCUT2D eigenvalue weighted by molar-refractivity contribution is 7.89. The molecule has 1 N–H and O–H groups in total. The molecule has 4 rings (SSSR count). The fourth-order valence-corrected chi connectivity index (χ4v) is 5.67. The molecule has 2 unspecified atom stereocenters. The Kier molecular flexibility index (Phi) is 4.41. The number of aromatic amines is 1. The zero-order chi connectivity index (χ0) is 18.3. The van der Waals surface area contributed by atoms with Gasteiger partial charge in [-0.2, -0.15) is 9.40 Å². The number of fused-ring (bicyclic) bond motifs is 2. The number of H-pyrrole nitrogens is 1. The van der Waals surface area contributed by atoms with Crippen LogP contribution in [0.4, 0.5) is 0 Å². The van der Waals surface area contributed by atoms with Crippen molar-refractivity contribution in [3.05, 3.63) is 30.0 Å². The van der Waals surface area contributed by atoms with E-state index in [0.717, 1.165) is 0 Å². The van der Waals surface area contributed by atoms with Crippen molar-refractivity contribution in [2.75, 3.05) is 26.3 Å². The molecule has 2 aliphatic heterocycles. The van der Waals surface area contributed by atoms with Crippen LogP contribution >= 0.6 is 0 Å². The van der Waals surface area contributed by atoms with Gasteiger partial charge in [0, 0.05) is 37.3 Å². The molecule has 0 amide bonds. The Morgan fingerprint density at radius 1 is 1.23 bits per heavy atom. The van der Waals surface area contributed by atoms with Gasteiger partial charge in [0.15, 0.2) is 0 Å². The summed E-state index contributed by atoms with van der Waals surface area (Å²) in [6.45, 7) is 5.01. The summed E-state index contributed by atoms with van der Waals surface area (Å²) in [7, 11) is -3.62. The maximum atomic E-state index is 13.1. The minimum absolute atomic E-state index is 0.0632. The first kappa shape index (κ1) is 17.4. The Hall–Kier alpha value is -2.04. The average Bonchev–Trinajstić information content (AvgIpc) is 2.94. The van der Waals surface area contributed by atoms with Crippen molar-refractivity contribution in [2.45, 2.75) is 24.8 Å². The van der Waals surface area contributed by atoms with Gasteiger partial charge in [-0.3, -0.25) is 10.1 Å². The van der Waals surface area contributed by atoms with Crippen LogP contribution in [0.25, 0.3) is 0 Å². The van der Waals surface area contributed by atoms with Crippen molar-refractivity contribution in [2.24, 2.45) is 11.8 Å². The molecule has 2 fully saturated rings. The molecule has 26 heavy (non-hydrogen) atoms. The van der Waals surface area contributed by atoms with E-state index >= 15 is 0 Å². The number of nitrogens with zero attached hydrogens (tertiary/aromatic N) is 4. The van der Waals surface area contributed by atoms with Gasteiger partial charge in [0.2, 0.25) is 15.9 Å². The number of rotatable bonds is 4. The molecule has 10 heteroatoms. The molecule has 4 heterocycles. The van der Waals surface area contributed by atoms with Gasteiger partial charge in [-0.05, 0) is 13.8 Å². The highest BCUT2D eigenvalue weighted by Gasteiger charge is 2.46. The van der Waals surface area contributed by atoms with Gasteiger partial charge in [0.1, 0.15) is 11.0 Å². The van der Waals surface area contributed by atoms with Crippen molar-refractivity contribution in [1.82, 2.24) is 24.5 Å². The molecule has 0 radical (unpaired) electrons. The van der Waals surface area contributed by atoms with Crippen LogP contribution in [0.1, 0.15) is 11.4 Å². The molecule has 2 aliphatic rings. The van der Waals surface area contributed by atoms with Crippen LogP contribution in [-0.4, -0.2) is 65.3 Å². The third-order valence-electron chi connectivity index (χ3n) is 4.92. The van der Waals surface area contributed by atoms with Crippen molar-refractivity contribution in [3.8, 4) is 5.88 Å². The second kappa shape index (κ2) is 6.60. The molecule has 0 aliphatic carbocycles. The Morgan fingerprint density at radius 2 is 1.96 bits per heavy atom. The Bertz CT molecular complexity index is 852. The lowest BCUT2D eigenvalue weighted by Crippen LogP contribution is -2.58. The van der Waals surface area contributed by atoms with Gasteiger partial charge in [0.05, 0.1) is 30.8 Å². The third-order valence-corrected chi connectivity index (χ3v) is 7.02. The van der Waals surface area contributed by atoms with E-state index in [0.29, 0.717) is 43.6 Å². The predicted octanol–water partition coefficient (Wildman–Crippen LogP) is 0.531. The maximum Gasteiger partial charge on any atom is 0.246 e. The first-order chi connectivity index (χ1) is 12.5. The van der Waals surface area contributed by atoms with Crippen molar-refractivity contribution in [3.63, 3.8) is 0 Å². The SMILES string of the molecule is Cc1n[nH]c(C)c1S(=O)(=O)N1CC2COCC(C1)C2Oc1cnccn1. The zero-order valence-corrected chi connectivity index (χ0v) is 15.4. The summed E-state index contributed by atoms with van der Waals surface area (Å²) < 4.78 is 39.5. The third kappa shape index (κ3) is 2.97. The summed E-state index contributed by atoms with van der Waals surface area (Å²) in [6.07, 6.45) is 4.59. The molecular weight excluding hydrogens is 358 g/mol. The van der Waals surface area contributed by atoms with Gasteiger partial charge in [-0.25, -0.2) is 13.4 Å². The summed E-state index contributed by atoms with van der Waals surface area (Å²) in [5, 5.41) is 6.78. The van der Waals surface area contributed by atoms with E-state index < -0.39 is 10.0 Å². The minimum atomic E-state index is -3.62. The molecule has 0 spiro atoms. The number of hydrogen-bond acceptors (Lipinski definition) is 7. The Labute approximate surface area is 151 Å². The maximum absolute atomic E-state index is 13.1. The van der Waals surface area contributed by atoms with Crippen molar-refractivity contribution in [1.29, 1.82) is 0 Å². The fraction of sp³-hybridized carbons (Fsp3) is 0.562. The molecule has 140 valence electrons. The van der Waals surface area contributed by atoms with E-state index in [1.165, 1.54) is 4.31 Å². The lowest BCUT2D eigenvalue weighted by Gasteiger charge is -2.45. The molecular formula is C16H21N5O4S. The van der Waals surface area contributed by atoms with Gasteiger partial charge in [0.25, 0.3) is 0 Å². The molecule has 2 bridgehead atoms. The topological polar surface area (TPSA) is 110 Å². The van der Waals surface area contributed by atoms with E-state index in [1.54, 1.807) is 32.4 Å². The number of aryl methyl sites for hydroxylation is 2. The van der Waals surface area contributed by atoms with Gasteiger partial charge >= 0.3 is 0 Å². The molecule has 2 aromatic rings. The molecule has 0 saturated carbocycles. The van der Waals surface area contributed by atoms with Crippen LogP contribution in [0.2, 0.25) is 0 Å². The van der Waals surface area contributed by atoms with Gasteiger partial charge in [-0.15, -0.1) is 0 Å². The average molecular weight is 379 g/mol. The molecule has 2 saturated heterocycles. The normalized spacial score (nSPS) is 26.6. The van der Waals surface area contributed by atoms with Crippen LogP contribution in [0, 0.1) is 25.7 Å². The van der Waals surface area contributed by atoms with Crippen LogP contribution < -0.4 is 4.74 Å². The molecule has 0 aromatic carbocycles. The number of ether oxygens (including phenoxy) is 2. The van der Waals surface area contributed by atoms with Crippen LogP contribution in [0.3, 0.4) is 0 Å². The number of hydrogen-bond donors (Lipinski definition) is 1. The van der Waals surface area contributed by atoms with Crippen LogP contribution in [0.5, 0.6) is 5.88 Å². The van der Waals surface area contributed by atoms with E-state index in [4.69, 9.17) is 9.47 Å². The van der Waals surface area contributed by atoms with E-state index in [-0.39, 0.29) is 22.8 Å². The summed E-state index contributed by atoms with van der Waals surface area (Å²) in [4.78, 5) is 8.45. The first-order valence-electron chi connectivity index (χ1n) is 8.49. The summed E-state index contributed by atoms with van der Waals surface area (Å²) >= 11 is 0. The number of sulfonamides is 1. The monoisotopic (exact) mass is 379 g/mol. The summed E-state index contributed by atoms with van der Waals surface area (Å²) in [6, 6.07) is 0. The van der Waals surface area contributed by atoms with Gasteiger partial charge < -0.3 is 9.47 Å². The second-order valence-corrected chi connectivity index (χ2v) is 8.64. The minimum Gasteiger partial charge on any atom is -0.472 e. The summed E-state index contributed by atoms with van der Waals surface area (Å²) in [5.41, 5.74) is 1.05. The van der Waals surface area contributed by atoms with E-state index in [9.17, 15) is 8.42 Å². The summed E-state index contributed by atoms with van der Waals surface area (Å²) in [5.74, 6) is 0.325. The smallest absolute Gasteiger partial charge is 0.246 e. The van der Waals surface area contributed by atoms with Crippen LogP contribution in [-0.2, 0) is 14.8 Å². The fourth-order valence-electron chi connectivity index (χ4n) is 3.78. The van der Waals surface area contributed by atoms with Crippen LogP contribution in [0.15, 0.2) is 23.5 Å². The van der Waals surface area contributed by atoms with Crippen molar-refractivity contribution >= 4 is 10.0 Å². The van der Waals surface area contributed by atoms with E-state index in [2.05, 4.69) is 20.2 Å². The lowest BCUT2D eigenvalue weighted by atomic mass is 9.86. The van der Waals surface area contributed by atoms with Crippen molar-refractivity contribution < 1.29 is 17.9 Å². The second-order valence-electron chi connectivity index (χ2n) is 6.77. The quantitative estimate of drug-likeness (QED) is 0.825. The molecule has 9 nitrogen and oxygen atoms in total. The first-order valence-corrected chi connectivity index (χ1v) is 9.93. The highest BCUT2D eigenvalue weighted by atomic mass is 32.2. The molecule has 2 aromatic heterocycles. The Morgan fingerprint density at radius 3 is 2.54 bits per heavy atom. The predicted molar refractivity (Wildman–Crippen MR) is 91.1 cm³/mol. The van der Waals surface area contributed by atoms with E-state index in [1.807, 2.05) is 0 Å². The lowest BCUT2D eigenvalue weighted by molar-refractivity contribution is -0.0996. The highest BCUT2D eigenvalue weighted by Crippen LogP contribution is 2.34. The molecule has 2 atom stereocenters. The Balaban J connectivity index is 1.58. The van der Waals surface area contributed by atoms with Gasteiger partial charge in [-0.1, -0.05) is 0 Å². The largest absolute Gasteiger partial charge is 0.472 e. The number of aromatic nitrogens is 4. The number of nitrogens with one attached hydrogen (secondary N) is 1. The number of piperidine rings is 1. The zero-order valence-electron chi connectivity index (χ0n) is 14.6. The standard InChI is InChI=1S/C16H21N5O4S/c1-10-16(11(2)20-19-10)26(22,23)21-6-12-8-24-9-13(7-21)15(12)25-14-5-17-3-4-18-14/h3-5,12-13,15H,6-9H2,1-2H3,(H,19,20).